The normalized spacial score (nSPS) is 13.1. The van der Waals surface area contributed by atoms with Crippen molar-refractivity contribution in [2.24, 2.45) is 0 Å². The van der Waals surface area contributed by atoms with Gasteiger partial charge in [0.2, 0.25) is 10.0 Å². The highest BCUT2D eigenvalue weighted by molar-refractivity contribution is 9.11. The number of nitrogens with one attached hydrogen (secondary N) is 1. The van der Waals surface area contributed by atoms with Gasteiger partial charge in [0.1, 0.15) is 0 Å². The minimum Gasteiger partial charge on any atom is -0.480 e. The van der Waals surface area contributed by atoms with Gasteiger partial charge in [-0.1, -0.05) is 15.9 Å². The number of hydrogen-bond acceptors (Lipinski definition) is 3. The topological polar surface area (TPSA) is 83.5 Å². The second-order valence-corrected chi connectivity index (χ2v) is 8.00. The van der Waals surface area contributed by atoms with Crippen LogP contribution in [0.3, 0.4) is 0 Å². The van der Waals surface area contributed by atoms with E-state index in [2.05, 4.69) is 52.5 Å². The van der Waals surface area contributed by atoms with Gasteiger partial charge in [-0.25, -0.2) is 8.42 Å². The van der Waals surface area contributed by atoms with Gasteiger partial charge in [-0.2, -0.15) is 0 Å². The van der Waals surface area contributed by atoms with Gasteiger partial charge < -0.3 is 5.11 Å². The van der Waals surface area contributed by atoms with Crippen molar-refractivity contribution in [1.82, 2.24) is 0 Å². The van der Waals surface area contributed by atoms with Crippen LogP contribution >= 0.6 is 47.8 Å². The summed E-state index contributed by atoms with van der Waals surface area (Å²) in [5, 5.41) is 7.19. The van der Waals surface area contributed by atoms with Crippen molar-refractivity contribution in [2.75, 3.05) is 4.72 Å². The average Bonchev–Trinajstić information content (AvgIpc) is 2.22. The number of sulfonamides is 1. The molecule has 1 aromatic rings. The van der Waals surface area contributed by atoms with E-state index in [4.69, 9.17) is 5.11 Å². The van der Waals surface area contributed by atoms with E-state index < -0.39 is 21.2 Å². The lowest BCUT2D eigenvalue weighted by molar-refractivity contribution is -0.136. The van der Waals surface area contributed by atoms with Crippen molar-refractivity contribution in [1.29, 1.82) is 0 Å². The summed E-state index contributed by atoms with van der Waals surface area (Å²) in [5.41, 5.74) is 0.256. The molecule has 9 heteroatoms. The molecule has 0 aliphatic carbocycles. The third-order valence-electron chi connectivity index (χ3n) is 2.06. The van der Waals surface area contributed by atoms with Crippen LogP contribution in [0.1, 0.15) is 6.92 Å². The van der Waals surface area contributed by atoms with E-state index in [0.29, 0.717) is 8.95 Å². The summed E-state index contributed by atoms with van der Waals surface area (Å²) in [4.78, 5) is 10.7. The Morgan fingerprint density at radius 3 is 2.11 bits per heavy atom. The first kappa shape index (κ1) is 15.9. The first-order valence-corrected chi connectivity index (χ1v) is 8.46. The standard InChI is InChI=1S/C9H8Br3NO4S/c1-4(9(14)15)18(16,17)13-8-6(11)2-5(10)3-7(8)12/h2-4,13H,1H3,(H,14,15). The molecule has 0 fully saturated rings. The summed E-state index contributed by atoms with van der Waals surface area (Å²) >= 11 is 9.65. The van der Waals surface area contributed by atoms with Crippen molar-refractivity contribution in [3.05, 3.63) is 25.6 Å². The molecule has 0 radical (unpaired) electrons. The van der Waals surface area contributed by atoms with Crippen LogP contribution in [-0.4, -0.2) is 24.7 Å². The van der Waals surface area contributed by atoms with Gasteiger partial charge >= 0.3 is 5.97 Å². The maximum absolute atomic E-state index is 11.8. The van der Waals surface area contributed by atoms with Crippen LogP contribution in [0.25, 0.3) is 0 Å². The maximum atomic E-state index is 11.8. The Labute approximate surface area is 129 Å². The van der Waals surface area contributed by atoms with E-state index in [0.717, 1.165) is 11.4 Å². The average molecular weight is 466 g/mol. The molecule has 1 rings (SSSR count). The van der Waals surface area contributed by atoms with Crippen molar-refractivity contribution < 1.29 is 18.3 Å². The molecular formula is C9H8Br3NO4S. The summed E-state index contributed by atoms with van der Waals surface area (Å²) in [6, 6.07) is 3.29. The molecule has 100 valence electrons. The third-order valence-corrected chi connectivity index (χ3v) is 5.39. The first-order valence-electron chi connectivity index (χ1n) is 4.54. The Bertz CT molecular complexity index is 564. The molecule has 5 nitrogen and oxygen atoms in total. The molecule has 1 atom stereocenters. The van der Waals surface area contributed by atoms with Crippen LogP contribution in [0.15, 0.2) is 25.6 Å². The Morgan fingerprint density at radius 1 is 1.28 bits per heavy atom. The van der Waals surface area contributed by atoms with Gasteiger partial charge in [-0.3, -0.25) is 9.52 Å². The molecule has 0 saturated heterocycles. The zero-order valence-electron chi connectivity index (χ0n) is 8.95. The highest BCUT2D eigenvalue weighted by Crippen LogP contribution is 2.35. The molecule has 0 aliphatic heterocycles. The maximum Gasteiger partial charge on any atom is 0.323 e. The highest BCUT2D eigenvalue weighted by atomic mass is 79.9. The van der Waals surface area contributed by atoms with Gasteiger partial charge in [-0.05, 0) is 50.9 Å². The molecule has 0 heterocycles. The van der Waals surface area contributed by atoms with E-state index in [1.54, 1.807) is 12.1 Å². The van der Waals surface area contributed by atoms with Crippen molar-refractivity contribution in [3.63, 3.8) is 0 Å². The SMILES string of the molecule is CC(C(=O)O)S(=O)(=O)Nc1c(Br)cc(Br)cc1Br. The number of anilines is 1. The van der Waals surface area contributed by atoms with Crippen molar-refractivity contribution in [2.45, 2.75) is 12.2 Å². The van der Waals surface area contributed by atoms with Gasteiger partial charge in [0, 0.05) is 13.4 Å². The van der Waals surface area contributed by atoms with Gasteiger partial charge in [0.15, 0.2) is 5.25 Å². The lowest BCUT2D eigenvalue weighted by Gasteiger charge is -2.14. The van der Waals surface area contributed by atoms with E-state index >= 15 is 0 Å². The van der Waals surface area contributed by atoms with Crippen LogP contribution in [0.2, 0.25) is 0 Å². The Kier molecular flexibility index (Phi) is 5.22. The lowest BCUT2D eigenvalue weighted by atomic mass is 10.3. The number of carboxylic acids is 1. The van der Waals surface area contributed by atoms with E-state index in [9.17, 15) is 13.2 Å². The Hall–Kier alpha value is -0.120. The highest BCUT2D eigenvalue weighted by Gasteiger charge is 2.28. The predicted octanol–water partition coefficient (Wildman–Crippen LogP) is 3.19. The predicted molar refractivity (Wildman–Crippen MR) is 79.2 cm³/mol. The van der Waals surface area contributed by atoms with Crippen LogP contribution in [0.5, 0.6) is 0 Å². The smallest absolute Gasteiger partial charge is 0.323 e. The van der Waals surface area contributed by atoms with Crippen LogP contribution < -0.4 is 4.72 Å². The number of rotatable bonds is 4. The van der Waals surface area contributed by atoms with Gasteiger partial charge in [0.05, 0.1) is 5.69 Å². The zero-order chi connectivity index (χ0) is 14.1. The summed E-state index contributed by atoms with van der Waals surface area (Å²) in [6.07, 6.45) is 0. The Morgan fingerprint density at radius 2 is 1.72 bits per heavy atom. The van der Waals surface area contributed by atoms with E-state index in [1.807, 2.05) is 0 Å². The fourth-order valence-corrected chi connectivity index (χ4v) is 4.67. The summed E-state index contributed by atoms with van der Waals surface area (Å²) < 4.78 is 27.5. The molecule has 1 unspecified atom stereocenters. The largest absolute Gasteiger partial charge is 0.480 e. The molecule has 0 spiro atoms. The second kappa shape index (κ2) is 5.89. The van der Waals surface area contributed by atoms with Crippen LogP contribution in [0.4, 0.5) is 5.69 Å². The minimum absolute atomic E-state index is 0.256. The van der Waals surface area contributed by atoms with E-state index in [1.165, 1.54) is 0 Å². The molecule has 1 aromatic carbocycles. The molecule has 0 saturated carbocycles. The molecule has 0 amide bonds. The quantitative estimate of drug-likeness (QED) is 0.715. The molecular weight excluding hydrogens is 458 g/mol. The first-order chi connectivity index (χ1) is 8.15. The van der Waals surface area contributed by atoms with Crippen LogP contribution in [-0.2, 0) is 14.8 Å². The van der Waals surface area contributed by atoms with Gasteiger partial charge in [0.25, 0.3) is 0 Å². The minimum atomic E-state index is -4.00. The zero-order valence-corrected chi connectivity index (χ0v) is 14.5. The van der Waals surface area contributed by atoms with Crippen molar-refractivity contribution >= 4 is 69.5 Å². The molecule has 2 N–H and O–H groups in total. The number of hydrogen-bond donors (Lipinski definition) is 2. The number of aliphatic carboxylic acids is 1. The van der Waals surface area contributed by atoms with Crippen molar-refractivity contribution in [3.8, 4) is 0 Å². The summed E-state index contributed by atoms with van der Waals surface area (Å²) in [7, 11) is -4.00. The summed E-state index contributed by atoms with van der Waals surface area (Å²) in [5.74, 6) is -1.41. The van der Waals surface area contributed by atoms with E-state index in [-0.39, 0.29) is 5.69 Å². The van der Waals surface area contributed by atoms with Crippen LogP contribution in [0, 0.1) is 0 Å². The van der Waals surface area contributed by atoms with Gasteiger partial charge in [-0.15, -0.1) is 0 Å². The summed E-state index contributed by atoms with van der Waals surface area (Å²) in [6.45, 7) is 1.10. The molecule has 18 heavy (non-hydrogen) atoms. The third kappa shape index (κ3) is 3.69. The molecule has 0 aliphatic rings. The number of carbonyl (C=O) groups is 1. The molecule has 0 aromatic heterocycles. The fourth-order valence-electron chi connectivity index (χ4n) is 1.00. The monoisotopic (exact) mass is 463 g/mol. The Balaban J connectivity index is 3.17. The number of benzene rings is 1. The lowest BCUT2D eigenvalue weighted by Crippen LogP contribution is -2.32. The second-order valence-electron chi connectivity index (χ2n) is 3.37. The fraction of sp³-hybridized carbons (Fsp3) is 0.222. The molecule has 0 bridgehead atoms. The number of carboxylic acid groups (broad SMARTS) is 1. The number of halogens is 3.